The van der Waals surface area contributed by atoms with Crippen molar-refractivity contribution in [3.63, 3.8) is 0 Å². The average molecular weight is 271 g/mol. The van der Waals surface area contributed by atoms with Crippen LogP contribution in [0.2, 0.25) is 0 Å². The second-order valence-corrected chi connectivity index (χ2v) is 4.96. The van der Waals surface area contributed by atoms with Crippen molar-refractivity contribution < 1.29 is 10.2 Å². The van der Waals surface area contributed by atoms with Crippen LogP contribution in [0, 0.1) is 0 Å². The second-order valence-electron chi connectivity index (χ2n) is 4.96. The van der Waals surface area contributed by atoms with Gasteiger partial charge in [0.05, 0.1) is 18.8 Å². The topological polar surface area (TPSA) is 52.5 Å². The Morgan fingerprint density at radius 1 is 0.900 bits per heavy atom. The summed E-state index contributed by atoms with van der Waals surface area (Å²) in [5, 5.41) is 22.2. The van der Waals surface area contributed by atoms with Crippen LogP contribution in [0.1, 0.15) is 24.1 Å². The van der Waals surface area contributed by atoms with Crippen LogP contribution >= 0.6 is 0 Å². The van der Waals surface area contributed by atoms with Gasteiger partial charge in [-0.2, -0.15) is 0 Å². The minimum atomic E-state index is -0.773. The highest BCUT2D eigenvalue weighted by Gasteiger charge is 2.20. The first kappa shape index (κ1) is 14.7. The zero-order chi connectivity index (χ0) is 14.4. The van der Waals surface area contributed by atoms with Gasteiger partial charge in [0.15, 0.2) is 0 Å². The summed E-state index contributed by atoms with van der Waals surface area (Å²) in [7, 11) is 0. The van der Waals surface area contributed by atoms with E-state index in [4.69, 9.17) is 5.11 Å². The third-order valence-corrected chi connectivity index (χ3v) is 3.46. The molecule has 2 rings (SSSR count). The maximum Gasteiger partial charge on any atom is 0.0921 e. The summed E-state index contributed by atoms with van der Waals surface area (Å²) >= 11 is 0. The number of rotatable bonds is 6. The molecule has 3 N–H and O–H groups in total. The van der Waals surface area contributed by atoms with Gasteiger partial charge in [-0.1, -0.05) is 60.7 Å². The molecule has 0 aliphatic carbocycles. The minimum Gasteiger partial charge on any atom is -0.394 e. The Labute approximate surface area is 119 Å². The van der Waals surface area contributed by atoms with E-state index in [1.54, 1.807) is 0 Å². The molecule has 0 radical (unpaired) electrons. The molecule has 0 spiro atoms. The lowest BCUT2D eigenvalue weighted by Gasteiger charge is -2.26. The lowest BCUT2D eigenvalue weighted by Crippen LogP contribution is -2.41. The predicted molar refractivity (Wildman–Crippen MR) is 80.4 cm³/mol. The summed E-state index contributed by atoms with van der Waals surface area (Å²) in [6.07, 6.45) is -0.773. The second kappa shape index (κ2) is 7.20. The number of benzene rings is 2. The van der Waals surface area contributed by atoms with Crippen LogP contribution in [0.4, 0.5) is 0 Å². The summed E-state index contributed by atoms with van der Waals surface area (Å²) < 4.78 is 0. The molecule has 2 aromatic rings. The molecule has 0 fully saturated rings. The van der Waals surface area contributed by atoms with Gasteiger partial charge in [0.1, 0.15) is 0 Å². The fraction of sp³-hybridized carbons (Fsp3) is 0.294. The molecule has 0 heterocycles. The summed E-state index contributed by atoms with van der Waals surface area (Å²) in [6, 6.07) is 20.0. The lowest BCUT2D eigenvalue weighted by atomic mass is 9.97. The maximum atomic E-state index is 9.76. The largest absolute Gasteiger partial charge is 0.394 e. The molecular formula is C17H21NO2. The van der Waals surface area contributed by atoms with Crippen molar-refractivity contribution in [3.05, 3.63) is 71.8 Å². The molecule has 0 saturated carbocycles. The van der Waals surface area contributed by atoms with Crippen molar-refractivity contribution in [2.45, 2.75) is 25.1 Å². The molecule has 0 aliphatic heterocycles. The molecular weight excluding hydrogens is 250 g/mol. The standard InChI is InChI=1S/C17H21NO2/c1-13(16(20)12-19)18-17(14-8-4-2-5-9-14)15-10-6-3-7-11-15/h2-11,13,16-20H,12H2,1H3/t13?,16-/m0/s1. The highest BCUT2D eigenvalue weighted by atomic mass is 16.3. The monoisotopic (exact) mass is 271 g/mol. The Bertz CT molecular complexity index is 461. The van der Waals surface area contributed by atoms with E-state index in [0.717, 1.165) is 11.1 Å². The van der Waals surface area contributed by atoms with E-state index in [0.29, 0.717) is 0 Å². The van der Waals surface area contributed by atoms with Crippen molar-refractivity contribution in [2.24, 2.45) is 0 Å². The smallest absolute Gasteiger partial charge is 0.0921 e. The third-order valence-electron chi connectivity index (χ3n) is 3.46. The lowest BCUT2D eigenvalue weighted by molar-refractivity contribution is 0.0657. The van der Waals surface area contributed by atoms with Crippen LogP contribution in [-0.2, 0) is 0 Å². The Balaban J connectivity index is 2.26. The molecule has 0 amide bonds. The number of hydrogen-bond acceptors (Lipinski definition) is 3. The molecule has 106 valence electrons. The Morgan fingerprint density at radius 3 is 1.75 bits per heavy atom. The minimum absolute atomic E-state index is 0.00593. The van der Waals surface area contributed by atoms with E-state index in [2.05, 4.69) is 29.6 Å². The molecule has 2 aromatic carbocycles. The molecule has 0 bridgehead atoms. The summed E-state index contributed by atoms with van der Waals surface area (Å²) in [6.45, 7) is 1.63. The number of aliphatic hydroxyl groups excluding tert-OH is 2. The van der Waals surface area contributed by atoms with Gasteiger partial charge >= 0.3 is 0 Å². The van der Waals surface area contributed by atoms with E-state index in [9.17, 15) is 5.11 Å². The molecule has 20 heavy (non-hydrogen) atoms. The van der Waals surface area contributed by atoms with Crippen LogP contribution in [0.25, 0.3) is 0 Å². The van der Waals surface area contributed by atoms with Gasteiger partial charge < -0.3 is 15.5 Å². The first-order chi connectivity index (χ1) is 9.72. The summed E-state index contributed by atoms with van der Waals surface area (Å²) in [5.74, 6) is 0. The average Bonchev–Trinajstić information content (AvgIpc) is 2.53. The van der Waals surface area contributed by atoms with E-state index < -0.39 is 6.10 Å². The normalized spacial score (nSPS) is 14.2. The SMILES string of the molecule is CC(NC(c1ccccc1)c1ccccc1)[C@@H](O)CO. The first-order valence-electron chi connectivity index (χ1n) is 6.87. The molecule has 2 atom stereocenters. The molecule has 3 nitrogen and oxygen atoms in total. The van der Waals surface area contributed by atoms with Gasteiger partial charge in [0.25, 0.3) is 0 Å². The summed E-state index contributed by atoms with van der Waals surface area (Å²) in [5.41, 5.74) is 2.27. The van der Waals surface area contributed by atoms with Crippen LogP contribution in [0.5, 0.6) is 0 Å². The van der Waals surface area contributed by atoms with Gasteiger partial charge in [-0.25, -0.2) is 0 Å². The van der Waals surface area contributed by atoms with Crippen molar-refractivity contribution in [2.75, 3.05) is 6.61 Å². The van der Waals surface area contributed by atoms with E-state index in [-0.39, 0.29) is 18.7 Å². The quantitative estimate of drug-likeness (QED) is 0.754. The van der Waals surface area contributed by atoms with Gasteiger partial charge in [0, 0.05) is 6.04 Å². The van der Waals surface area contributed by atoms with Crippen molar-refractivity contribution >= 4 is 0 Å². The molecule has 1 unspecified atom stereocenters. The zero-order valence-electron chi connectivity index (χ0n) is 11.6. The van der Waals surface area contributed by atoms with Crippen molar-refractivity contribution in [3.8, 4) is 0 Å². The van der Waals surface area contributed by atoms with Crippen LogP contribution < -0.4 is 5.32 Å². The van der Waals surface area contributed by atoms with Crippen LogP contribution in [-0.4, -0.2) is 29.0 Å². The van der Waals surface area contributed by atoms with Crippen molar-refractivity contribution in [1.29, 1.82) is 0 Å². The first-order valence-corrected chi connectivity index (χ1v) is 6.87. The molecule has 3 heteroatoms. The number of aliphatic hydroxyl groups is 2. The Hall–Kier alpha value is -1.68. The Kier molecular flexibility index (Phi) is 5.30. The van der Waals surface area contributed by atoms with Gasteiger partial charge in [0.2, 0.25) is 0 Å². The number of hydrogen-bond donors (Lipinski definition) is 3. The third kappa shape index (κ3) is 3.67. The van der Waals surface area contributed by atoms with Crippen LogP contribution in [0.15, 0.2) is 60.7 Å². The molecule has 0 saturated heterocycles. The van der Waals surface area contributed by atoms with E-state index in [1.165, 1.54) is 0 Å². The van der Waals surface area contributed by atoms with Gasteiger partial charge in [-0.15, -0.1) is 0 Å². The Morgan fingerprint density at radius 2 is 1.35 bits per heavy atom. The fourth-order valence-corrected chi connectivity index (χ4v) is 2.21. The maximum absolute atomic E-state index is 9.76. The van der Waals surface area contributed by atoms with Crippen LogP contribution in [0.3, 0.4) is 0 Å². The highest BCUT2D eigenvalue weighted by molar-refractivity contribution is 5.31. The van der Waals surface area contributed by atoms with Gasteiger partial charge in [-0.3, -0.25) is 0 Å². The fourth-order valence-electron chi connectivity index (χ4n) is 2.21. The number of nitrogens with one attached hydrogen (secondary N) is 1. The zero-order valence-corrected chi connectivity index (χ0v) is 11.6. The van der Waals surface area contributed by atoms with Crippen molar-refractivity contribution in [1.82, 2.24) is 5.32 Å². The van der Waals surface area contributed by atoms with Gasteiger partial charge in [-0.05, 0) is 18.1 Å². The summed E-state index contributed by atoms with van der Waals surface area (Å²) in [4.78, 5) is 0. The van der Waals surface area contributed by atoms with E-state index >= 15 is 0 Å². The predicted octanol–water partition coefficient (Wildman–Crippen LogP) is 2.11. The molecule has 0 aliphatic rings. The molecule has 0 aromatic heterocycles. The van der Waals surface area contributed by atoms with E-state index in [1.807, 2.05) is 43.3 Å². The highest BCUT2D eigenvalue weighted by Crippen LogP contribution is 2.22.